The van der Waals surface area contributed by atoms with Crippen molar-refractivity contribution in [3.05, 3.63) is 64.6 Å². The third-order valence-corrected chi connectivity index (χ3v) is 5.77. The van der Waals surface area contributed by atoms with E-state index in [2.05, 4.69) is 33.0 Å². The molecule has 0 heterocycles. The van der Waals surface area contributed by atoms with Crippen LogP contribution in [0.4, 0.5) is 0 Å². The first-order valence-corrected chi connectivity index (χ1v) is 9.63. The summed E-state index contributed by atoms with van der Waals surface area (Å²) in [7, 11) is -1.16. The second-order valence-corrected chi connectivity index (χ2v) is 8.37. The lowest BCUT2D eigenvalue weighted by Gasteiger charge is -2.16. The maximum atomic E-state index is 12.2. The molecular weight excluding hydrogens is 362 g/mol. The smallest absolute Gasteiger partial charge is 0.178 e. The molecule has 0 atom stereocenters. The fraction of sp³-hybridized carbons (Fsp3) is 0.294. The van der Waals surface area contributed by atoms with Gasteiger partial charge in [0.1, 0.15) is 0 Å². The number of rotatable bonds is 7. The molecule has 0 aromatic heterocycles. The molecule has 5 heteroatoms. The zero-order chi connectivity index (χ0) is 16.0. The van der Waals surface area contributed by atoms with Crippen LogP contribution in [0.25, 0.3) is 0 Å². The van der Waals surface area contributed by atoms with Crippen LogP contribution in [-0.4, -0.2) is 32.7 Å². The Morgan fingerprint density at radius 2 is 1.64 bits per heavy atom. The first-order valence-electron chi connectivity index (χ1n) is 7.18. The molecule has 0 spiro atoms. The molecule has 0 saturated heterocycles. The van der Waals surface area contributed by atoms with Gasteiger partial charge < -0.3 is 4.90 Å². The van der Waals surface area contributed by atoms with Crippen molar-refractivity contribution in [2.45, 2.75) is 17.9 Å². The van der Waals surface area contributed by atoms with E-state index in [1.807, 2.05) is 25.2 Å². The standard InChI is InChI=1S/C17H20BrNO2S/c1-19(14-15-8-10-16(18)11-9-15)12-5-13-22(20,21)17-6-3-2-4-7-17/h2-4,6-11H,5,12-14H2,1H3. The third-order valence-electron chi connectivity index (χ3n) is 3.42. The Balaban J connectivity index is 1.82. The average Bonchev–Trinajstić information content (AvgIpc) is 2.50. The molecule has 0 unspecified atom stereocenters. The van der Waals surface area contributed by atoms with Crippen molar-refractivity contribution in [2.24, 2.45) is 0 Å². The first-order chi connectivity index (χ1) is 10.5. The van der Waals surface area contributed by atoms with E-state index in [1.54, 1.807) is 24.3 Å². The van der Waals surface area contributed by atoms with Crippen molar-refractivity contribution in [2.75, 3.05) is 19.3 Å². The quantitative estimate of drug-likeness (QED) is 0.732. The number of sulfone groups is 1. The van der Waals surface area contributed by atoms with Gasteiger partial charge in [0.2, 0.25) is 0 Å². The fourth-order valence-corrected chi connectivity index (χ4v) is 3.83. The van der Waals surface area contributed by atoms with Crippen LogP contribution in [0.15, 0.2) is 64.0 Å². The van der Waals surface area contributed by atoms with Crippen molar-refractivity contribution in [3.63, 3.8) is 0 Å². The summed E-state index contributed by atoms with van der Waals surface area (Å²) in [6, 6.07) is 16.8. The van der Waals surface area contributed by atoms with E-state index in [1.165, 1.54) is 5.56 Å². The largest absolute Gasteiger partial charge is 0.302 e. The zero-order valence-corrected chi connectivity index (χ0v) is 15.0. The molecule has 0 aliphatic heterocycles. The number of hydrogen-bond donors (Lipinski definition) is 0. The van der Waals surface area contributed by atoms with Gasteiger partial charge in [-0.05, 0) is 49.8 Å². The Kier molecular flexibility index (Phi) is 6.17. The summed E-state index contributed by atoms with van der Waals surface area (Å²) in [5.74, 6) is 0.182. The molecule has 0 aliphatic rings. The Morgan fingerprint density at radius 1 is 1.00 bits per heavy atom. The number of hydrogen-bond acceptors (Lipinski definition) is 3. The zero-order valence-electron chi connectivity index (χ0n) is 12.6. The molecule has 0 radical (unpaired) electrons. The molecule has 118 valence electrons. The van der Waals surface area contributed by atoms with Crippen molar-refractivity contribution in [3.8, 4) is 0 Å². The van der Waals surface area contributed by atoms with Crippen molar-refractivity contribution < 1.29 is 8.42 Å². The van der Waals surface area contributed by atoms with E-state index < -0.39 is 9.84 Å². The van der Waals surface area contributed by atoms with Crippen molar-refractivity contribution in [1.29, 1.82) is 0 Å². The third kappa shape index (κ3) is 5.23. The summed E-state index contributed by atoms with van der Waals surface area (Å²) in [5, 5.41) is 0. The molecule has 2 aromatic rings. The number of halogens is 1. The molecule has 2 rings (SSSR count). The second-order valence-electron chi connectivity index (χ2n) is 5.35. The summed E-state index contributed by atoms with van der Waals surface area (Å²) in [6.07, 6.45) is 0.629. The van der Waals surface area contributed by atoms with E-state index in [9.17, 15) is 8.42 Å². The molecule has 0 saturated carbocycles. The molecule has 0 fully saturated rings. The maximum absolute atomic E-state index is 12.2. The van der Waals surface area contributed by atoms with Crippen LogP contribution in [0, 0.1) is 0 Å². The Bertz CT molecular complexity index is 684. The maximum Gasteiger partial charge on any atom is 0.178 e. The second kappa shape index (κ2) is 7.90. The molecule has 22 heavy (non-hydrogen) atoms. The highest BCUT2D eigenvalue weighted by Gasteiger charge is 2.13. The van der Waals surface area contributed by atoms with Gasteiger partial charge in [0.15, 0.2) is 9.84 Å². The molecule has 2 aromatic carbocycles. The van der Waals surface area contributed by atoms with Crippen LogP contribution >= 0.6 is 15.9 Å². The van der Waals surface area contributed by atoms with Gasteiger partial charge in [-0.3, -0.25) is 0 Å². The van der Waals surface area contributed by atoms with Crippen LogP contribution < -0.4 is 0 Å². The first kappa shape index (κ1) is 17.2. The van der Waals surface area contributed by atoms with Crippen LogP contribution in [0.3, 0.4) is 0 Å². The summed E-state index contributed by atoms with van der Waals surface area (Å²) >= 11 is 3.42. The highest BCUT2D eigenvalue weighted by Crippen LogP contribution is 2.13. The number of nitrogens with zero attached hydrogens (tertiary/aromatic N) is 1. The lowest BCUT2D eigenvalue weighted by atomic mass is 10.2. The van der Waals surface area contributed by atoms with Crippen LogP contribution in [0.5, 0.6) is 0 Å². The summed E-state index contributed by atoms with van der Waals surface area (Å²) in [5.41, 5.74) is 1.22. The van der Waals surface area contributed by atoms with E-state index in [0.717, 1.165) is 17.6 Å². The Morgan fingerprint density at radius 3 is 2.27 bits per heavy atom. The van der Waals surface area contributed by atoms with Gasteiger partial charge in [-0.15, -0.1) is 0 Å². The van der Waals surface area contributed by atoms with Gasteiger partial charge >= 0.3 is 0 Å². The van der Waals surface area contributed by atoms with E-state index >= 15 is 0 Å². The van der Waals surface area contributed by atoms with Crippen LogP contribution in [0.2, 0.25) is 0 Å². The van der Waals surface area contributed by atoms with Gasteiger partial charge in [-0.2, -0.15) is 0 Å². The van der Waals surface area contributed by atoms with Crippen molar-refractivity contribution in [1.82, 2.24) is 4.90 Å². The highest BCUT2D eigenvalue weighted by atomic mass is 79.9. The monoisotopic (exact) mass is 381 g/mol. The number of benzene rings is 2. The van der Waals surface area contributed by atoms with Gasteiger partial charge in [-0.1, -0.05) is 46.3 Å². The van der Waals surface area contributed by atoms with Gasteiger partial charge in [0, 0.05) is 11.0 Å². The minimum absolute atomic E-state index is 0.182. The molecule has 0 amide bonds. The normalized spacial score (nSPS) is 11.8. The topological polar surface area (TPSA) is 37.4 Å². The summed E-state index contributed by atoms with van der Waals surface area (Å²) in [6.45, 7) is 1.57. The summed E-state index contributed by atoms with van der Waals surface area (Å²) < 4.78 is 25.4. The Hall–Kier alpha value is -1.17. The van der Waals surface area contributed by atoms with Gasteiger partial charge in [0.25, 0.3) is 0 Å². The Labute approximate surface area is 141 Å². The van der Waals surface area contributed by atoms with Crippen LogP contribution in [0.1, 0.15) is 12.0 Å². The predicted molar refractivity (Wildman–Crippen MR) is 93.6 cm³/mol. The van der Waals surface area contributed by atoms with E-state index in [-0.39, 0.29) is 5.75 Å². The van der Waals surface area contributed by atoms with Gasteiger partial charge in [0.05, 0.1) is 10.6 Å². The van der Waals surface area contributed by atoms with E-state index in [4.69, 9.17) is 0 Å². The lowest BCUT2D eigenvalue weighted by Crippen LogP contribution is -2.21. The van der Waals surface area contributed by atoms with Crippen molar-refractivity contribution >= 4 is 25.8 Å². The highest BCUT2D eigenvalue weighted by molar-refractivity contribution is 9.10. The summed E-state index contributed by atoms with van der Waals surface area (Å²) in [4.78, 5) is 2.55. The van der Waals surface area contributed by atoms with Crippen LogP contribution in [-0.2, 0) is 16.4 Å². The SMILES string of the molecule is CN(CCCS(=O)(=O)c1ccccc1)Cc1ccc(Br)cc1. The van der Waals surface area contributed by atoms with Gasteiger partial charge in [-0.25, -0.2) is 8.42 Å². The van der Waals surface area contributed by atoms with E-state index in [0.29, 0.717) is 11.3 Å². The molecule has 0 aliphatic carbocycles. The fourth-order valence-electron chi connectivity index (χ4n) is 2.25. The average molecular weight is 382 g/mol. The molecule has 3 nitrogen and oxygen atoms in total. The molecular formula is C17H20BrNO2S. The minimum atomic E-state index is -3.17. The predicted octanol–water partition coefficient (Wildman–Crippen LogP) is 3.74. The lowest BCUT2D eigenvalue weighted by molar-refractivity contribution is 0.328. The minimum Gasteiger partial charge on any atom is -0.302 e. The molecule has 0 N–H and O–H groups in total. The molecule has 0 bridgehead atoms.